The predicted molar refractivity (Wildman–Crippen MR) is 84.8 cm³/mol. The smallest absolute Gasteiger partial charge is 0.267 e. The zero-order valence-corrected chi connectivity index (χ0v) is 13.0. The molecule has 1 aromatic rings. The summed E-state index contributed by atoms with van der Waals surface area (Å²) >= 11 is 0. The van der Waals surface area contributed by atoms with Crippen LogP contribution in [0.4, 0.5) is 5.69 Å². The summed E-state index contributed by atoms with van der Waals surface area (Å²) in [7, 11) is 1.83. The van der Waals surface area contributed by atoms with Gasteiger partial charge in [-0.05, 0) is 12.5 Å². The number of carbonyl (C=O) groups is 1. The van der Waals surface area contributed by atoms with Gasteiger partial charge in [0.05, 0.1) is 5.69 Å². The molecule has 1 heterocycles. The van der Waals surface area contributed by atoms with Crippen LogP contribution in [0.25, 0.3) is 0 Å². The lowest BCUT2D eigenvalue weighted by Gasteiger charge is -2.06. The Morgan fingerprint density at radius 1 is 1.15 bits per heavy atom. The van der Waals surface area contributed by atoms with Crippen LogP contribution in [0.5, 0.6) is 0 Å². The molecule has 114 valence electrons. The van der Waals surface area contributed by atoms with Gasteiger partial charge in [-0.3, -0.25) is 4.79 Å². The van der Waals surface area contributed by atoms with Crippen molar-refractivity contribution in [3.63, 3.8) is 0 Å². The molecule has 0 saturated heterocycles. The number of nitrogens with one attached hydrogen (secondary N) is 1. The summed E-state index contributed by atoms with van der Waals surface area (Å²) in [4.78, 5) is 11.9. The number of nitrogens with two attached hydrogens (primary N) is 1. The van der Waals surface area contributed by atoms with E-state index in [0.717, 1.165) is 13.0 Å². The molecule has 1 aromatic heterocycles. The van der Waals surface area contributed by atoms with E-state index in [0.29, 0.717) is 11.4 Å². The van der Waals surface area contributed by atoms with Gasteiger partial charge in [0.15, 0.2) is 0 Å². The van der Waals surface area contributed by atoms with E-state index >= 15 is 0 Å². The minimum absolute atomic E-state index is 0.0351. The minimum atomic E-state index is -0.0351. The van der Waals surface area contributed by atoms with Crippen LogP contribution in [0.2, 0.25) is 0 Å². The number of aromatic nitrogens is 1. The number of unbranched alkanes of at least 4 members (excludes halogenated alkanes) is 7. The van der Waals surface area contributed by atoms with Crippen molar-refractivity contribution < 1.29 is 4.79 Å². The summed E-state index contributed by atoms with van der Waals surface area (Å²) in [5.41, 5.74) is 6.92. The molecule has 0 aliphatic heterocycles. The van der Waals surface area contributed by atoms with Crippen molar-refractivity contribution in [2.75, 3.05) is 12.3 Å². The van der Waals surface area contributed by atoms with Crippen molar-refractivity contribution in [3.8, 4) is 0 Å². The highest BCUT2D eigenvalue weighted by molar-refractivity contribution is 5.93. The van der Waals surface area contributed by atoms with Gasteiger partial charge in [-0.25, -0.2) is 0 Å². The molecule has 0 unspecified atom stereocenters. The molecule has 1 amide bonds. The molecule has 0 aliphatic rings. The highest BCUT2D eigenvalue weighted by atomic mass is 16.1. The maximum Gasteiger partial charge on any atom is 0.267 e. The Kier molecular flexibility index (Phi) is 7.85. The standard InChI is InChI=1S/C16H29N3O/c1-3-4-5-6-7-8-9-10-11-18-16(20)15-12-14(17)13-19(15)2/h12-13H,3-11,17H2,1-2H3,(H,18,20). The number of nitrogen functional groups attached to an aromatic ring is 1. The number of anilines is 1. The second-order valence-corrected chi connectivity index (χ2v) is 5.50. The normalized spacial score (nSPS) is 10.7. The molecule has 0 bridgehead atoms. The monoisotopic (exact) mass is 279 g/mol. The number of nitrogens with zero attached hydrogens (tertiary/aromatic N) is 1. The molecule has 0 spiro atoms. The minimum Gasteiger partial charge on any atom is -0.397 e. The second kappa shape index (κ2) is 9.45. The lowest BCUT2D eigenvalue weighted by Crippen LogP contribution is -2.26. The molecule has 0 aliphatic carbocycles. The van der Waals surface area contributed by atoms with Crippen LogP contribution in [-0.2, 0) is 7.05 Å². The largest absolute Gasteiger partial charge is 0.397 e. The van der Waals surface area contributed by atoms with Gasteiger partial charge in [-0.2, -0.15) is 0 Å². The quantitative estimate of drug-likeness (QED) is 0.644. The fraction of sp³-hybridized carbons (Fsp3) is 0.688. The third-order valence-electron chi connectivity index (χ3n) is 3.57. The van der Waals surface area contributed by atoms with E-state index in [-0.39, 0.29) is 5.91 Å². The average Bonchev–Trinajstić information content (AvgIpc) is 2.75. The maximum atomic E-state index is 11.9. The van der Waals surface area contributed by atoms with Crippen molar-refractivity contribution in [1.29, 1.82) is 0 Å². The zero-order valence-electron chi connectivity index (χ0n) is 13.0. The summed E-state index contributed by atoms with van der Waals surface area (Å²) in [6, 6.07) is 1.71. The second-order valence-electron chi connectivity index (χ2n) is 5.50. The summed E-state index contributed by atoms with van der Waals surface area (Å²) in [5, 5.41) is 2.95. The molecule has 3 N–H and O–H groups in total. The predicted octanol–water partition coefficient (Wildman–Crippen LogP) is 3.48. The highest BCUT2D eigenvalue weighted by Crippen LogP contribution is 2.09. The zero-order chi connectivity index (χ0) is 14.8. The van der Waals surface area contributed by atoms with Crippen molar-refractivity contribution in [1.82, 2.24) is 9.88 Å². The lowest BCUT2D eigenvalue weighted by atomic mass is 10.1. The summed E-state index contributed by atoms with van der Waals surface area (Å²) < 4.78 is 1.76. The van der Waals surface area contributed by atoms with Gasteiger partial charge < -0.3 is 15.6 Å². The fourth-order valence-electron chi connectivity index (χ4n) is 2.37. The maximum absolute atomic E-state index is 11.9. The van der Waals surface area contributed by atoms with E-state index < -0.39 is 0 Å². The molecule has 4 nitrogen and oxygen atoms in total. The van der Waals surface area contributed by atoms with Gasteiger partial charge in [0, 0.05) is 19.8 Å². The number of amides is 1. The molecule has 1 rings (SSSR count). The van der Waals surface area contributed by atoms with Gasteiger partial charge >= 0.3 is 0 Å². The number of carbonyl (C=O) groups excluding carboxylic acids is 1. The third kappa shape index (κ3) is 6.13. The van der Waals surface area contributed by atoms with E-state index in [1.54, 1.807) is 16.8 Å². The molecule has 4 heteroatoms. The van der Waals surface area contributed by atoms with Crippen molar-refractivity contribution >= 4 is 11.6 Å². The number of aryl methyl sites for hydroxylation is 1. The van der Waals surface area contributed by atoms with Crippen LogP contribution in [0.15, 0.2) is 12.3 Å². The van der Waals surface area contributed by atoms with Crippen LogP contribution < -0.4 is 11.1 Å². The van der Waals surface area contributed by atoms with Crippen molar-refractivity contribution in [3.05, 3.63) is 18.0 Å². The molecule has 0 atom stereocenters. The van der Waals surface area contributed by atoms with Gasteiger partial charge in [0.2, 0.25) is 0 Å². The van der Waals surface area contributed by atoms with Gasteiger partial charge in [-0.15, -0.1) is 0 Å². The lowest BCUT2D eigenvalue weighted by molar-refractivity contribution is 0.0945. The van der Waals surface area contributed by atoms with Crippen LogP contribution in [0, 0.1) is 0 Å². The summed E-state index contributed by atoms with van der Waals surface area (Å²) in [6.07, 6.45) is 12.0. The SMILES string of the molecule is CCCCCCCCCCNC(=O)c1cc(N)cn1C. The first-order chi connectivity index (χ1) is 9.65. The van der Waals surface area contributed by atoms with E-state index in [2.05, 4.69) is 12.2 Å². The molecular formula is C16H29N3O. The fourth-order valence-corrected chi connectivity index (χ4v) is 2.37. The Labute approximate surface area is 122 Å². The Bertz CT molecular complexity index is 398. The Morgan fingerprint density at radius 3 is 2.30 bits per heavy atom. The van der Waals surface area contributed by atoms with Crippen LogP contribution in [-0.4, -0.2) is 17.0 Å². The Balaban J connectivity index is 2.04. The van der Waals surface area contributed by atoms with E-state index in [1.807, 2.05) is 7.05 Å². The van der Waals surface area contributed by atoms with E-state index in [9.17, 15) is 4.79 Å². The summed E-state index contributed by atoms with van der Waals surface area (Å²) in [5.74, 6) is -0.0351. The topological polar surface area (TPSA) is 60.1 Å². The summed E-state index contributed by atoms with van der Waals surface area (Å²) in [6.45, 7) is 2.99. The average molecular weight is 279 g/mol. The van der Waals surface area contributed by atoms with Crippen LogP contribution in [0.1, 0.15) is 68.8 Å². The molecule has 0 radical (unpaired) electrons. The van der Waals surface area contributed by atoms with Gasteiger partial charge in [0.1, 0.15) is 5.69 Å². The molecule has 0 aromatic carbocycles. The number of hydrogen-bond acceptors (Lipinski definition) is 2. The molecular weight excluding hydrogens is 250 g/mol. The highest BCUT2D eigenvalue weighted by Gasteiger charge is 2.09. The first-order valence-corrected chi connectivity index (χ1v) is 7.85. The molecule has 0 fully saturated rings. The third-order valence-corrected chi connectivity index (χ3v) is 3.57. The number of hydrogen-bond donors (Lipinski definition) is 2. The van der Waals surface area contributed by atoms with E-state index in [4.69, 9.17) is 5.73 Å². The van der Waals surface area contributed by atoms with Gasteiger partial charge in [0.25, 0.3) is 5.91 Å². The Morgan fingerprint density at radius 2 is 1.75 bits per heavy atom. The molecule has 0 saturated carbocycles. The van der Waals surface area contributed by atoms with Crippen molar-refractivity contribution in [2.24, 2.45) is 7.05 Å². The van der Waals surface area contributed by atoms with E-state index in [1.165, 1.54) is 44.9 Å². The first-order valence-electron chi connectivity index (χ1n) is 7.85. The van der Waals surface area contributed by atoms with Crippen LogP contribution in [0.3, 0.4) is 0 Å². The number of rotatable bonds is 10. The van der Waals surface area contributed by atoms with Crippen molar-refractivity contribution in [2.45, 2.75) is 58.3 Å². The van der Waals surface area contributed by atoms with Crippen LogP contribution >= 0.6 is 0 Å². The Hall–Kier alpha value is -1.45. The first kappa shape index (κ1) is 16.6. The van der Waals surface area contributed by atoms with Gasteiger partial charge in [-0.1, -0.05) is 51.9 Å². The molecule has 20 heavy (non-hydrogen) atoms.